The van der Waals surface area contributed by atoms with Crippen molar-refractivity contribution in [1.82, 2.24) is 9.88 Å². The lowest BCUT2D eigenvalue weighted by Gasteiger charge is -2.34. The minimum absolute atomic E-state index is 1.05. The average molecular weight is 335 g/mol. The Morgan fingerprint density at radius 3 is 2.25 bits per heavy atom. The molecule has 122 valence electrons. The van der Waals surface area contributed by atoms with Crippen LogP contribution in [-0.2, 0) is 0 Å². The van der Waals surface area contributed by atoms with Gasteiger partial charge in [0.1, 0.15) is 5.01 Å². The Labute approximate surface area is 147 Å². The van der Waals surface area contributed by atoms with E-state index in [1.165, 1.54) is 16.8 Å². The van der Waals surface area contributed by atoms with Crippen LogP contribution in [0.3, 0.4) is 0 Å². The summed E-state index contributed by atoms with van der Waals surface area (Å²) < 4.78 is 0. The topological polar surface area (TPSA) is 19.4 Å². The zero-order valence-electron chi connectivity index (χ0n) is 13.9. The molecule has 4 heteroatoms. The molecule has 24 heavy (non-hydrogen) atoms. The van der Waals surface area contributed by atoms with Crippen LogP contribution >= 0.6 is 11.3 Å². The van der Waals surface area contributed by atoms with Crippen molar-refractivity contribution in [3.63, 3.8) is 0 Å². The molecule has 0 N–H and O–H groups in total. The molecule has 0 radical (unpaired) electrons. The molecule has 0 saturated carbocycles. The summed E-state index contributed by atoms with van der Waals surface area (Å²) in [5.74, 6) is 0. The molecule has 1 saturated heterocycles. The summed E-state index contributed by atoms with van der Waals surface area (Å²) in [5, 5.41) is 3.22. The monoisotopic (exact) mass is 335 g/mol. The number of rotatable bonds is 3. The predicted octanol–water partition coefficient (Wildman–Crippen LogP) is 4.23. The van der Waals surface area contributed by atoms with Gasteiger partial charge in [-0.1, -0.05) is 30.3 Å². The molecule has 0 unspecified atom stereocenters. The molecule has 2 heterocycles. The number of benzene rings is 2. The van der Waals surface area contributed by atoms with Crippen LogP contribution in [-0.4, -0.2) is 43.1 Å². The summed E-state index contributed by atoms with van der Waals surface area (Å²) >= 11 is 1.71. The summed E-state index contributed by atoms with van der Waals surface area (Å²) in [5.41, 5.74) is 4.74. The van der Waals surface area contributed by atoms with Crippen LogP contribution in [0.2, 0.25) is 0 Å². The van der Waals surface area contributed by atoms with Crippen molar-refractivity contribution < 1.29 is 0 Å². The Bertz CT molecular complexity index is 787. The molecule has 4 rings (SSSR count). The molecule has 0 amide bonds. The summed E-state index contributed by atoms with van der Waals surface area (Å²) in [4.78, 5) is 9.64. The van der Waals surface area contributed by atoms with E-state index < -0.39 is 0 Å². The molecule has 0 atom stereocenters. The molecule has 0 bridgehead atoms. The fourth-order valence-electron chi connectivity index (χ4n) is 3.03. The van der Waals surface area contributed by atoms with Gasteiger partial charge in [0, 0.05) is 48.4 Å². The first-order chi connectivity index (χ1) is 11.8. The standard InChI is InChI=1S/C20H21N3S/c1-22-11-13-23(14-12-22)18-9-7-17(8-10-18)20-21-19(15-24-20)16-5-3-2-4-6-16/h2-10,15H,11-14H2,1H3. The summed E-state index contributed by atoms with van der Waals surface area (Å²) in [7, 11) is 2.19. The third kappa shape index (κ3) is 3.21. The van der Waals surface area contributed by atoms with Crippen molar-refractivity contribution in [3.8, 4) is 21.8 Å². The first-order valence-electron chi connectivity index (χ1n) is 8.34. The highest BCUT2D eigenvalue weighted by molar-refractivity contribution is 7.13. The number of hydrogen-bond donors (Lipinski definition) is 0. The van der Waals surface area contributed by atoms with E-state index in [0.29, 0.717) is 0 Å². The minimum atomic E-state index is 1.05. The zero-order valence-corrected chi connectivity index (χ0v) is 14.7. The Balaban J connectivity index is 1.52. The van der Waals surface area contributed by atoms with E-state index in [2.05, 4.69) is 70.8 Å². The number of thiazole rings is 1. The molecule has 1 aromatic heterocycles. The van der Waals surface area contributed by atoms with E-state index >= 15 is 0 Å². The largest absolute Gasteiger partial charge is 0.369 e. The highest BCUT2D eigenvalue weighted by Gasteiger charge is 2.14. The molecule has 3 aromatic rings. The van der Waals surface area contributed by atoms with Crippen molar-refractivity contribution in [1.29, 1.82) is 0 Å². The number of piperazine rings is 1. The molecular weight excluding hydrogens is 314 g/mol. The maximum atomic E-state index is 4.80. The molecule has 0 aliphatic carbocycles. The maximum absolute atomic E-state index is 4.80. The molecule has 0 spiro atoms. The SMILES string of the molecule is CN1CCN(c2ccc(-c3nc(-c4ccccc4)cs3)cc2)CC1. The van der Waals surface area contributed by atoms with E-state index in [4.69, 9.17) is 4.98 Å². The molecule has 1 fully saturated rings. The van der Waals surface area contributed by atoms with E-state index in [1.807, 2.05) is 6.07 Å². The quantitative estimate of drug-likeness (QED) is 0.714. The first kappa shape index (κ1) is 15.4. The highest BCUT2D eigenvalue weighted by atomic mass is 32.1. The van der Waals surface area contributed by atoms with Gasteiger partial charge in [0.2, 0.25) is 0 Å². The number of aromatic nitrogens is 1. The van der Waals surface area contributed by atoms with Crippen molar-refractivity contribution in [2.75, 3.05) is 38.1 Å². The fraction of sp³-hybridized carbons (Fsp3) is 0.250. The van der Waals surface area contributed by atoms with Gasteiger partial charge in [-0.2, -0.15) is 0 Å². The first-order valence-corrected chi connectivity index (χ1v) is 9.22. The van der Waals surface area contributed by atoms with Gasteiger partial charge in [-0.15, -0.1) is 11.3 Å². The average Bonchev–Trinajstić information content (AvgIpc) is 3.13. The third-order valence-corrected chi connectivity index (χ3v) is 5.45. The van der Waals surface area contributed by atoms with E-state index in [9.17, 15) is 0 Å². The van der Waals surface area contributed by atoms with Gasteiger partial charge in [-0.25, -0.2) is 4.98 Å². The Morgan fingerprint density at radius 2 is 1.54 bits per heavy atom. The number of likely N-dealkylation sites (N-methyl/N-ethyl adjacent to an activating group) is 1. The zero-order chi connectivity index (χ0) is 16.4. The third-order valence-electron chi connectivity index (χ3n) is 4.56. The van der Waals surface area contributed by atoms with E-state index in [-0.39, 0.29) is 0 Å². The smallest absolute Gasteiger partial charge is 0.124 e. The van der Waals surface area contributed by atoms with E-state index in [0.717, 1.165) is 36.9 Å². The summed E-state index contributed by atoms with van der Waals surface area (Å²) in [6, 6.07) is 19.2. The van der Waals surface area contributed by atoms with Gasteiger partial charge in [0.05, 0.1) is 5.69 Å². The van der Waals surface area contributed by atoms with Gasteiger partial charge in [0.25, 0.3) is 0 Å². The summed E-state index contributed by atoms with van der Waals surface area (Å²) in [6.45, 7) is 4.47. The van der Waals surface area contributed by atoms with E-state index in [1.54, 1.807) is 11.3 Å². The van der Waals surface area contributed by atoms with Crippen LogP contribution in [0.1, 0.15) is 0 Å². The van der Waals surface area contributed by atoms with Crippen LogP contribution in [0.25, 0.3) is 21.8 Å². The van der Waals surface area contributed by atoms with Crippen LogP contribution in [0.5, 0.6) is 0 Å². The molecule has 1 aliphatic heterocycles. The Morgan fingerprint density at radius 1 is 0.833 bits per heavy atom. The van der Waals surface area contributed by atoms with Gasteiger partial charge >= 0.3 is 0 Å². The van der Waals surface area contributed by atoms with Crippen molar-refractivity contribution >= 4 is 17.0 Å². The van der Waals surface area contributed by atoms with Gasteiger partial charge in [0.15, 0.2) is 0 Å². The number of hydrogen-bond acceptors (Lipinski definition) is 4. The molecule has 3 nitrogen and oxygen atoms in total. The van der Waals surface area contributed by atoms with Crippen LogP contribution in [0, 0.1) is 0 Å². The van der Waals surface area contributed by atoms with Crippen molar-refractivity contribution in [3.05, 3.63) is 60.0 Å². The van der Waals surface area contributed by atoms with Crippen molar-refractivity contribution in [2.45, 2.75) is 0 Å². The lowest BCUT2D eigenvalue weighted by molar-refractivity contribution is 0.313. The second kappa shape index (κ2) is 6.75. The minimum Gasteiger partial charge on any atom is -0.369 e. The number of nitrogens with zero attached hydrogens (tertiary/aromatic N) is 3. The summed E-state index contributed by atoms with van der Waals surface area (Å²) in [6.07, 6.45) is 0. The lowest BCUT2D eigenvalue weighted by Crippen LogP contribution is -2.44. The predicted molar refractivity (Wildman–Crippen MR) is 103 cm³/mol. The Kier molecular flexibility index (Phi) is 4.32. The maximum Gasteiger partial charge on any atom is 0.124 e. The Hall–Kier alpha value is -2.17. The molecule has 1 aliphatic rings. The van der Waals surface area contributed by atoms with Crippen LogP contribution in [0.15, 0.2) is 60.0 Å². The normalized spacial score (nSPS) is 15.6. The van der Waals surface area contributed by atoms with Gasteiger partial charge in [-0.3, -0.25) is 0 Å². The van der Waals surface area contributed by atoms with Crippen molar-refractivity contribution in [2.24, 2.45) is 0 Å². The number of anilines is 1. The van der Waals surface area contributed by atoms with Gasteiger partial charge in [-0.05, 0) is 31.3 Å². The van der Waals surface area contributed by atoms with Crippen LogP contribution in [0.4, 0.5) is 5.69 Å². The van der Waals surface area contributed by atoms with Gasteiger partial charge < -0.3 is 9.80 Å². The lowest BCUT2D eigenvalue weighted by atomic mass is 10.1. The molecular formula is C20H21N3S. The highest BCUT2D eigenvalue weighted by Crippen LogP contribution is 2.30. The second-order valence-electron chi connectivity index (χ2n) is 6.24. The molecule has 2 aromatic carbocycles. The fourth-order valence-corrected chi connectivity index (χ4v) is 3.86. The van der Waals surface area contributed by atoms with Crippen LogP contribution < -0.4 is 4.90 Å². The second-order valence-corrected chi connectivity index (χ2v) is 7.10.